The molecule has 0 fully saturated rings. The number of anilines is 1. The van der Waals surface area contributed by atoms with Crippen LogP contribution in [0.1, 0.15) is 4.88 Å². The molecule has 1 aromatic carbocycles. The highest BCUT2D eigenvalue weighted by Crippen LogP contribution is 2.25. The standard InChI is InChI=1S/C17H13F3N2O3S/c18-17(19,20)16(23)22-14-10-21-15(25-14)11-3-5-12(6-4-11)24-8-7-13-2-1-9-26-13/h1-6,9-10H,7-8H2,(H,22,23). The van der Waals surface area contributed by atoms with Gasteiger partial charge >= 0.3 is 12.1 Å². The zero-order valence-electron chi connectivity index (χ0n) is 13.2. The molecule has 2 heterocycles. The van der Waals surface area contributed by atoms with Crippen molar-refractivity contribution in [2.45, 2.75) is 12.6 Å². The van der Waals surface area contributed by atoms with Crippen LogP contribution in [0.15, 0.2) is 52.4 Å². The summed E-state index contributed by atoms with van der Waals surface area (Å²) in [5.74, 6) is -1.75. The van der Waals surface area contributed by atoms with E-state index in [0.717, 1.165) is 12.6 Å². The minimum atomic E-state index is -4.99. The predicted molar refractivity (Wildman–Crippen MR) is 90.1 cm³/mol. The normalized spacial score (nSPS) is 11.3. The SMILES string of the molecule is O=C(Nc1cnc(-c2ccc(OCCc3cccs3)cc2)o1)C(F)(F)F. The number of hydrogen-bond acceptors (Lipinski definition) is 5. The fourth-order valence-electron chi connectivity index (χ4n) is 2.07. The highest BCUT2D eigenvalue weighted by atomic mass is 32.1. The van der Waals surface area contributed by atoms with Crippen LogP contribution < -0.4 is 10.1 Å². The Balaban J connectivity index is 1.57. The summed E-state index contributed by atoms with van der Waals surface area (Å²) < 4.78 is 47.4. The van der Waals surface area contributed by atoms with Crippen LogP contribution in [0.25, 0.3) is 11.5 Å². The first-order valence-electron chi connectivity index (χ1n) is 7.51. The number of alkyl halides is 3. The van der Waals surface area contributed by atoms with E-state index in [9.17, 15) is 18.0 Å². The molecule has 0 saturated carbocycles. The van der Waals surface area contributed by atoms with Gasteiger partial charge in [-0.1, -0.05) is 6.07 Å². The molecule has 0 atom stereocenters. The number of amides is 1. The van der Waals surface area contributed by atoms with Crippen LogP contribution in [0.2, 0.25) is 0 Å². The Morgan fingerprint density at radius 1 is 1.23 bits per heavy atom. The summed E-state index contributed by atoms with van der Waals surface area (Å²) in [6, 6.07) is 10.8. The number of rotatable bonds is 6. The largest absolute Gasteiger partial charge is 0.493 e. The number of aromatic nitrogens is 1. The highest BCUT2D eigenvalue weighted by molar-refractivity contribution is 7.09. The third-order valence-electron chi connectivity index (χ3n) is 3.30. The van der Waals surface area contributed by atoms with E-state index in [1.807, 2.05) is 17.5 Å². The topological polar surface area (TPSA) is 64.4 Å². The first-order chi connectivity index (χ1) is 12.4. The van der Waals surface area contributed by atoms with E-state index in [4.69, 9.17) is 9.15 Å². The molecular formula is C17H13F3N2O3S. The predicted octanol–water partition coefficient (Wildman–Crippen LogP) is 4.53. The van der Waals surface area contributed by atoms with E-state index in [0.29, 0.717) is 17.9 Å². The Kier molecular flexibility index (Phi) is 5.27. The second-order valence-corrected chi connectivity index (χ2v) is 6.22. The highest BCUT2D eigenvalue weighted by Gasteiger charge is 2.39. The van der Waals surface area contributed by atoms with Gasteiger partial charge in [-0.25, -0.2) is 4.98 Å². The quantitative estimate of drug-likeness (QED) is 0.681. The van der Waals surface area contributed by atoms with Crippen molar-refractivity contribution in [3.63, 3.8) is 0 Å². The summed E-state index contributed by atoms with van der Waals surface area (Å²) in [5, 5.41) is 3.61. The number of carbonyl (C=O) groups is 1. The van der Waals surface area contributed by atoms with Gasteiger partial charge in [-0.05, 0) is 35.7 Å². The minimum Gasteiger partial charge on any atom is -0.493 e. The summed E-state index contributed by atoms with van der Waals surface area (Å²) >= 11 is 1.66. The van der Waals surface area contributed by atoms with E-state index in [-0.39, 0.29) is 11.8 Å². The monoisotopic (exact) mass is 382 g/mol. The maximum absolute atomic E-state index is 12.2. The Morgan fingerprint density at radius 3 is 2.65 bits per heavy atom. The van der Waals surface area contributed by atoms with Crippen LogP contribution in [-0.4, -0.2) is 23.7 Å². The average Bonchev–Trinajstić information content (AvgIpc) is 3.27. The molecule has 0 aliphatic rings. The van der Waals surface area contributed by atoms with Gasteiger partial charge in [0.1, 0.15) is 5.75 Å². The molecule has 2 aromatic heterocycles. The molecule has 0 radical (unpaired) electrons. The summed E-state index contributed by atoms with van der Waals surface area (Å²) in [5.41, 5.74) is 0.545. The molecule has 5 nitrogen and oxygen atoms in total. The fourth-order valence-corrected chi connectivity index (χ4v) is 2.76. The van der Waals surface area contributed by atoms with Crippen LogP contribution in [0.4, 0.5) is 19.1 Å². The van der Waals surface area contributed by atoms with Crippen molar-refractivity contribution >= 4 is 23.1 Å². The third kappa shape index (κ3) is 4.63. The molecule has 0 saturated heterocycles. The Bertz CT molecular complexity index is 858. The van der Waals surface area contributed by atoms with Gasteiger partial charge in [0.05, 0.1) is 12.8 Å². The van der Waals surface area contributed by atoms with Crippen molar-refractivity contribution in [3.05, 3.63) is 52.9 Å². The number of carbonyl (C=O) groups excluding carboxylic acids is 1. The molecule has 3 rings (SSSR count). The molecule has 3 aromatic rings. The smallest absolute Gasteiger partial charge is 0.471 e. The maximum Gasteiger partial charge on any atom is 0.471 e. The summed E-state index contributed by atoms with van der Waals surface area (Å²) in [6.07, 6.45) is -3.17. The van der Waals surface area contributed by atoms with Crippen LogP contribution in [-0.2, 0) is 11.2 Å². The Labute approximate surface area is 150 Å². The Hall–Kier alpha value is -2.81. The van der Waals surface area contributed by atoms with Gasteiger partial charge in [-0.3, -0.25) is 10.1 Å². The lowest BCUT2D eigenvalue weighted by Gasteiger charge is -2.06. The molecule has 136 valence electrons. The van der Waals surface area contributed by atoms with Gasteiger partial charge in [0, 0.05) is 16.9 Å². The van der Waals surface area contributed by atoms with Crippen molar-refractivity contribution in [3.8, 4) is 17.2 Å². The van der Waals surface area contributed by atoms with E-state index in [2.05, 4.69) is 4.98 Å². The van der Waals surface area contributed by atoms with Gasteiger partial charge in [-0.2, -0.15) is 13.2 Å². The minimum absolute atomic E-state index is 0.0904. The average molecular weight is 382 g/mol. The first-order valence-corrected chi connectivity index (χ1v) is 8.39. The van der Waals surface area contributed by atoms with Gasteiger partial charge in [-0.15, -0.1) is 11.3 Å². The third-order valence-corrected chi connectivity index (χ3v) is 4.23. The van der Waals surface area contributed by atoms with Crippen molar-refractivity contribution in [1.29, 1.82) is 0 Å². The molecule has 1 amide bonds. The van der Waals surface area contributed by atoms with Gasteiger partial charge in [0.15, 0.2) is 0 Å². The zero-order chi connectivity index (χ0) is 18.6. The fraction of sp³-hybridized carbons (Fsp3) is 0.176. The number of ether oxygens (including phenoxy) is 1. The van der Waals surface area contributed by atoms with Crippen LogP contribution in [0.5, 0.6) is 5.75 Å². The van der Waals surface area contributed by atoms with Crippen LogP contribution in [0, 0.1) is 0 Å². The van der Waals surface area contributed by atoms with Crippen LogP contribution >= 0.6 is 11.3 Å². The second-order valence-electron chi connectivity index (χ2n) is 5.18. The van der Waals surface area contributed by atoms with E-state index in [1.165, 1.54) is 4.88 Å². The van der Waals surface area contributed by atoms with Crippen molar-refractivity contribution in [2.75, 3.05) is 11.9 Å². The lowest BCUT2D eigenvalue weighted by atomic mass is 10.2. The van der Waals surface area contributed by atoms with Crippen molar-refractivity contribution in [1.82, 2.24) is 4.98 Å². The Morgan fingerprint density at radius 2 is 2.00 bits per heavy atom. The number of nitrogens with zero attached hydrogens (tertiary/aromatic N) is 1. The number of oxazole rings is 1. The van der Waals surface area contributed by atoms with Crippen molar-refractivity contribution in [2.24, 2.45) is 0 Å². The molecular weight excluding hydrogens is 369 g/mol. The molecule has 0 spiro atoms. The first kappa shape index (κ1) is 18.0. The molecule has 0 bridgehead atoms. The van der Waals surface area contributed by atoms with Crippen molar-refractivity contribution < 1.29 is 27.1 Å². The maximum atomic E-state index is 12.2. The zero-order valence-corrected chi connectivity index (χ0v) is 14.1. The van der Waals surface area contributed by atoms with Crippen LogP contribution in [0.3, 0.4) is 0 Å². The number of halogens is 3. The van der Waals surface area contributed by atoms with Gasteiger partial charge in [0.2, 0.25) is 11.8 Å². The lowest BCUT2D eigenvalue weighted by molar-refractivity contribution is -0.167. The van der Waals surface area contributed by atoms with E-state index in [1.54, 1.807) is 40.9 Å². The summed E-state index contributed by atoms with van der Waals surface area (Å²) in [7, 11) is 0. The van der Waals surface area contributed by atoms with E-state index >= 15 is 0 Å². The number of benzene rings is 1. The number of thiophene rings is 1. The lowest BCUT2D eigenvalue weighted by Crippen LogP contribution is -2.29. The molecule has 9 heteroatoms. The molecule has 0 aliphatic carbocycles. The molecule has 1 N–H and O–H groups in total. The summed E-state index contributed by atoms with van der Waals surface area (Å²) in [6.45, 7) is 0.534. The molecule has 26 heavy (non-hydrogen) atoms. The van der Waals surface area contributed by atoms with Gasteiger partial charge < -0.3 is 9.15 Å². The number of hydrogen-bond donors (Lipinski definition) is 1. The summed E-state index contributed by atoms with van der Waals surface area (Å²) in [4.78, 5) is 16.0. The molecule has 0 unspecified atom stereocenters. The van der Waals surface area contributed by atoms with Gasteiger partial charge in [0.25, 0.3) is 0 Å². The van der Waals surface area contributed by atoms with E-state index < -0.39 is 12.1 Å². The second kappa shape index (κ2) is 7.61. The molecule has 0 aliphatic heterocycles. The number of nitrogens with one attached hydrogen (secondary N) is 1.